The van der Waals surface area contributed by atoms with Gasteiger partial charge >= 0.3 is 0 Å². The Kier molecular flexibility index (Phi) is 5.95. The zero-order valence-corrected chi connectivity index (χ0v) is 18.8. The van der Waals surface area contributed by atoms with Crippen LogP contribution in [0.15, 0.2) is 40.9 Å². The van der Waals surface area contributed by atoms with Gasteiger partial charge in [-0.05, 0) is 44.5 Å². The Balaban J connectivity index is 1.25. The molecule has 2 amide bonds. The van der Waals surface area contributed by atoms with Crippen molar-refractivity contribution in [2.45, 2.75) is 45.9 Å². The lowest BCUT2D eigenvalue weighted by Gasteiger charge is -2.27. The SMILES string of the molecule is Cc1onc(C(=O)N2CCn3nc(C(=O)NCc4ccccc4)cc3C2)c1CN1CCCC1. The number of aryl methyl sites for hydroxylation is 1. The standard InChI is InChI=1S/C24H28N6O3/c1-17-20(16-28-9-5-6-10-28)22(27-33-17)24(32)29-11-12-30-19(15-29)13-21(26-30)23(31)25-14-18-7-3-2-4-8-18/h2-4,7-8,13H,5-6,9-12,14-16H2,1H3,(H,25,31). The number of carbonyl (C=O) groups excluding carboxylic acids is 2. The molecule has 2 aliphatic heterocycles. The summed E-state index contributed by atoms with van der Waals surface area (Å²) in [7, 11) is 0. The molecule has 0 saturated carbocycles. The summed E-state index contributed by atoms with van der Waals surface area (Å²) in [6, 6.07) is 11.5. The Morgan fingerprint density at radius 3 is 2.67 bits per heavy atom. The Hall–Kier alpha value is -3.46. The van der Waals surface area contributed by atoms with Gasteiger partial charge in [0, 0.05) is 25.2 Å². The molecule has 0 radical (unpaired) electrons. The lowest BCUT2D eigenvalue weighted by atomic mass is 10.1. The van der Waals surface area contributed by atoms with Crippen molar-refractivity contribution in [2.24, 2.45) is 0 Å². The molecule has 0 atom stereocenters. The van der Waals surface area contributed by atoms with Crippen LogP contribution in [-0.4, -0.2) is 56.2 Å². The molecule has 9 nitrogen and oxygen atoms in total. The normalized spacial score (nSPS) is 16.1. The fourth-order valence-electron chi connectivity index (χ4n) is 4.48. The van der Waals surface area contributed by atoms with Gasteiger partial charge in [0.1, 0.15) is 5.76 Å². The average Bonchev–Trinajstić information content (AvgIpc) is 3.58. The maximum atomic E-state index is 13.3. The number of fused-ring (bicyclic) bond motifs is 1. The minimum absolute atomic E-state index is 0.136. The molecule has 5 rings (SSSR count). The Labute approximate surface area is 192 Å². The van der Waals surface area contributed by atoms with Gasteiger partial charge in [-0.15, -0.1) is 0 Å². The van der Waals surface area contributed by atoms with Crippen molar-refractivity contribution in [2.75, 3.05) is 19.6 Å². The number of nitrogens with one attached hydrogen (secondary N) is 1. The summed E-state index contributed by atoms with van der Waals surface area (Å²) in [5.74, 6) is 0.340. The summed E-state index contributed by atoms with van der Waals surface area (Å²) in [6.07, 6.45) is 2.37. The van der Waals surface area contributed by atoms with Crippen molar-refractivity contribution < 1.29 is 14.1 Å². The number of amides is 2. The molecule has 1 saturated heterocycles. The fourth-order valence-corrected chi connectivity index (χ4v) is 4.48. The second-order valence-electron chi connectivity index (χ2n) is 8.69. The number of aromatic nitrogens is 3. The molecule has 1 N–H and O–H groups in total. The molecule has 0 spiro atoms. The quantitative estimate of drug-likeness (QED) is 0.622. The zero-order chi connectivity index (χ0) is 22.8. The lowest BCUT2D eigenvalue weighted by Crippen LogP contribution is -2.39. The van der Waals surface area contributed by atoms with Crippen LogP contribution in [0.4, 0.5) is 0 Å². The van der Waals surface area contributed by atoms with Crippen LogP contribution in [-0.2, 0) is 26.2 Å². The van der Waals surface area contributed by atoms with Crippen molar-refractivity contribution in [1.29, 1.82) is 0 Å². The van der Waals surface area contributed by atoms with Crippen molar-refractivity contribution in [3.05, 3.63) is 70.4 Å². The zero-order valence-electron chi connectivity index (χ0n) is 18.8. The predicted molar refractivity (Wildman–Crippen MR) is 120 cm³/mol. The van der Waals surface area contributed by atoms with Gasteiger partial charge in [-0.3, -0.25) is 19.2 Å². The number of hydrogen-bond donors (Lipinski definition) is 1. The van der Waals surface area contributed by atoms with Crippen molar-refractivity contribution in [1.82, 2.24) is 30.1 Å². The molecule has 0 unspecified atom stereocenters. The number of carbonyl (C=O) groups is 2. The molecule has 0 bridgehead atoms. The molecular formula is C24H28N6O3. The highest BCUT2D eigenvalue weighted by Crippen LogP contribution is 2.22. The van der Waals surface area contributed by atoms with Crippen LogP contribution in [0.25, 0.3) is 0 Å². The van der Waals surface area contributed by atoms with Gasteiger partial charge in [0.05, 0.1) is 18.8 Å². The highest BCUT2D eigenvalue weighted by atomic mass is 16.5. The van der Waals surface area contributed by atoms with Crippen molar-refractivity contribution >= 4 is 11.8 Å². The highest BCUT2D eigenvalue weighted by molar-refractivity contribution is 5.94. The van der Waals surface area contributed by atoms with E-state index in [9.17, 15) is 9.59 Å². The van der Waals surface area contributed by atoms with E-state index in [0.29, 0.717) is 49.9 Å². The highest BCUT2D eigenvalue weighted by Gasteiger charge is 2.30. The van der Waals surface area contributed by atoms with Crippen LogP contribution in [0.3, 0.4) is 0 Å². The number of hydrogen-bond acceptors (Lipinski definition) is 6. The Morgan fingerprint density at radius 1 is 1.09 bits per heavy atom. The first-order valence-corrected chi connectivity index (χ1v) is 11.4. The predicted octanol–water partition coefficient (Wildman–Crippen LogP) is 2.36. The summed E-state index contributed by atoms with van der Waals surface area (Å²) < 4.78 is 7.20. The van der Waals surface area contributed by atoms with Crippen LogP contribution in [0.5, 0.6) is 0 Å². The molecule has 0 aliphatic carbocycles. The first-order chi connectivity index (χ1) is 16.1. The first kappa shape index (κ1) is 21.4. The van der Waals surface area contributed by atoms with Crippen LogP contribution >= 0.6 is 0 Å². The molecule has 1 aromatic carbocycles. The largest absolute Gasteiger partial charge is 0.361 e. The number of rotatable bonds is 6. The third-order valence-electron chi connectivity index (χ3n) is 6.38. The van der Waals surface area contributed by atoms with E-state index < -0.39 is 0 Å². The van der Waals surface area contributed by atoms with Gasteiger partial charge in [0.25, 0.3) is 11.8 Å². The average molecular weight is 449 g/mol. The summed E-state index contributed by atoms with van der Waals surface area (Å²) in [6.45, 7) is 6.49. The molecule has 2 aliphatic rings. The second kappa shape index (κ2) is 9.19. The van der Waals surface area contributed by atoms with E-state index in [1.165, 1.54) is 12.8 Å². The van der Waals surface area contributed by atoms with Gasteiger partial charge in [-0.25, -0.2) is 0 Å². The summed E-state index contributed by atoms with van der Waals surface area (Å²) in [5, 5.41) is 11.4. The summed E-state index contributed by atoms with van der Waals surface area (Å²) in [4.78, 5) is 30.0. The van der Waals surface area contributed by atoms with E-state index in [1.54, 1.807) is 15.6 Å². The number of nitrogens with zero attached hydrogens (tertiary/aromatic N) is 5. The molecule has 4 heterocycles. The summed E-state index contributed by atoms with van der Waals surface area (Å²) >= 11 is 0. The van der Waals surface area contributed by atoms with E-state index >= 15 is 0 Å². The first-order valence-electron chi connectivity index (χ1n) is 11.4. The third kappa shape index (κ3) is 4.54. The number of benzene rings is 1. The van der Waals surface area contributed by atoms with Gasteiger partial charge in [-0.2, -0.15) is 5.10 Å². The fraction of sp³-hybridized carbons (Fsp3) is 0.417. The van der Waals surface area contributed by atoms with Crippen LogP contribution < -0.4 is 5.32 Å². The van der Waals surface area contributed by atoms with E-state index in [-0.39, 0.29) is 11.8 Å². The van der Waals surface area contributed by atoms with Crippen LogP contribution in [0, 0.1) is 6.92 Å². The van der Waals surface area contributed by atoms with Crippen molar-refractivity contribution in [3.8, 4) is 0 Å². The molecule has 3 aromatic rings. The Morgan fingerprint density at radius 2 is 1.88 bits per heavy atom. The minimum Gasteiger partial charge on any atom is -0.361 e. The van der Waals surface area contributed by atoms with E-state index in [0.717, 1.165) is 29.9 Å². The minimum atomic E-state index is -0.223. The van der Waals surface area contributed by atoms with Gasteiger partial charge in [0.15, 0.2) is 11.4 Å². The second-order valence-corrected chi connectivity index (χ2v) is 8.69. The third-order valence-corrected chi connectivity index (χ3v) is 6.38. The number of likely N-dealkylation sites (tertiary alicyclic amines) is 1. The van der Waals surface area contributed by atoms with E-state index in [2.05, 4.69) is 20.5 Å². The Bertz CT molecular complexity index is 1150. The van der Waals surface area contributed by atoms with Crippen LogP contribution in [0.2, 0.25) is 0 Å². The van der Waals surface area contributed by atoms with Gasteiger partial charge < -0.3 is 14.7 Å². The van der Waals surface area contributed by atoms with Crippen LogP contribution in [0.1, 0.15) is 56.4 Å². The van der Waals surface area contributed by atoms with E-state index in [4.69, 9.17) is 4.52 Å². The van der Waals surface area contributed by atoms with E-state index in [1.807, 2.05) is 37.3 Å². The van der Waals surface area contributed by atoms with Gasteiger partial charge in [0.2, 0.25) is 0 Å². The molecule has 172 valence electrons. The molecule has 1 fully saturated rings. The molecular weight excluding hydrogens is 420 g/mol. The molecule has 2 aromatic heterocycles. The molecule has 33 heavy (non-hydrogen) atoms. The maximum Gasteiger partial charge on any atom is 0.276 e. The lowest BCUT2D eigenvalue weighted by molar-refractivity contribution is 0.0693. The molecule has 9 heteroatoms. The smallest absolute Gasteiger partial charge is 0.276 e. The monoisotopic (exact) mass is 448 g/mol. The topological polar surface area (TPSA) is 96.5 Å². The van der Waals surface area contributed by atoms with Crippen molar-refractivity contribution in [3.63, 3.8) is 0 Å². The summed E-state index contributed by atoms with van der Waals surface area (Å²) in [5.41, 5.74) is 3.50. The van der Waals surface area contributed by atoms with Gasteiger partial charge in [-0.1, -0.05) is 35.5 Å². The maximum absolute atomic E-state index is 13.3.